The van der Waals surface area contributed by atoms with Crippen LogP contribution in [0, 0.1) is 0 Å². The monoisotopic (exact) mass is 365 g/mol. The van der Waals surface area contributed by atoms with Crippen LogP contribution in [0.2, 0.25) is 0 Å². The number of Topliss-reactive ketones (excluding diaryl/α,β-unsaturated/α-hetero) is 1. The number of hydrogen-bond acceptors (Lipinski definition) is 4. The molecule has 0 unspecified atom stereocenters. The lowest BCUT2D eigenvalue weighted by atomic mass is 10.1. The van der Waals surface area contributed by atoms with Gasteiger partial charge in [0, 0.05) is 4.47 Å². The van der Waals surface area contributed by atoms with Crippen molar-refractivity contribution in [3.8, 4) is 0 Å². The summed E-state index contributed by atoms with van der Waals surface area (Å²) in [7, 11) is 0. The molecule has 0 saturated carbocycles. The number of carbonyl (C=O) groups is 3. The van der Waals surface area contributed by atoms with Gasteiger partial charge in [0.15, 0.2) is 0 Å². The molecule has 1 N–H and O–H groups in total. The molecule has 0 fully saturated rings. The van der Waals surface area contributed by atoms with Gasteiger partial charge < -0.3 is 10.0 Å². The van der Waals surface area contributed by atoms with Gasteiger partial charge in [-0.2, -0.15) is 0 Å². The van der Waals surface area contributed by atoms with E-state index in [1.54, 1.807) is 29.6 Å². The molecule has 0 aliphatic carbocycles. The number of carbonyl (C=O) groups excluding carboxylic acids is 2. The Morgan fingerprint density at radius 2 is 2.05 bits per heavy atom. The third kappa shape index (κ3) is 2.28. The zero-order chi connectivity index (χ0) is 15.1. The van der Waals surface area contributed by atoms with E-state index in [-0.39, 0.29) is 11.4 Å². The van der Waals surface area contributed by atoms with Gasteiger partial charge in [-0.25, -0.2) is 4.79 Å². The van der Waals surface area contributed by atoms with Gasteiger partial charge in [-0.15, -0.1) is 11.3 Å². The molecule has 0 spiro atoms. The summed E-state index contributed by atoms with van der Waals surface area (Å²) in [6.07, 6.45) is 0. The fourth-order valence-electron chi connectivity index (χ4n) is 2.25. The zero-order valence-electron chi connectivity index (χ0n) is 10.5. The molecule has 7 heteroatoms. The fourth-order valence-corrected chi connectivity index (χ4v) is 3.36. The van der Waals surface area contributed by atoms with Crippen LogP contribution in [0.1, 0.15) is 25.6 Å². The largest absolute Gasteiger partial charge is 0.477 e. The first-order chi connectivity index (χ1) is 9.99. The molecule has 5 nitrogen and oxygen atoms in total. The summed E-state index contributed by atoms with van der Waals surface area (Å²) >= 11 is 4.36. The van der Waals surface area contributed by atoms with E-state index >= 15 is 0 Å². The SMILES string of the molecule is O=C1C(=O)N(Cc2ccsc2C(=O)O)c2ccc(Br)cc21. The van der Waals surface area contributed by atoms with E-state index in [1.807, 2.05) is 0 Å². The van der Waals surface area contributed by atoms with E-state index in [0.717, 1.165) is 11.3 Å². The summed E-state index contributed by atoms with van der Waals surface area (Å²) in [4.78, 5) is 36.7. The van der Waals surface area contributed by atoms with Crippen molar-refractivity contribution in [2.45, 2.75) is 6.54 Å². The molecule has 0 radical (unpaired) electrons. The minimum Gasteiger partial charge on any atom is -0.477 e. The summed E-state index contributed by atoms with van der Waals surface area (Å²) in [5.74, 6) is -2.24. The summed E-state index contributed by atoms with van der Waals surface area (Å²) in [6.45, 7) is 0.0737. The number of anilines is 1. The van der Waals surface area contributed by atoms with Crippen LogP contribution in [0.25, 0.3) is 0 Å². The van der Waals surface area contributed by atoms with E-state index in [1.165, 1.54) is 4.90 Å². The van der Waals surface area contributed by atoms with Crippen LogP contribution in [-0.4, -0.2) is 22.8 Å². The second kappa shape index (κ2) is 5.09. The van der Waals surface area contributed by atoms with E-state index < -0.39 is 17.7 Å². The third-order valence-electron chi connectivity index (χ3n) is 3.20. The molecule has 1 aliphatic heterocycles. The fraction of sp³-hybridized carbons (Fsp3) is 0.0714. The van der Waals surface area contributed by atoms with Gasteiger partial charge in [-0.3, -0.25) is 9.59 Å². The second-order valence-corrected chi connectivity index (χ2v) is 6.29. The summed E-state index contributed by atoms with van der Waals surface area (Å²) in [5.41, 5.74) is 1.36. The first-order valence-corrected chi connectivity index (χ1v) is 7.61. The highest BCUT2D eigenvalue weighted by Crippen LogP contribution is 2.33. The number of halogens is 1. The molecule has 0 atom stereocenters. The third-order valence-corrected chi connectivity index (χ3v) is 4.64. The lowest BCUT2D eigenvalue weighted by Crippen LogP contribution is -2.29. The maximum atomic E-state index is 12.1. The Hall–Kier alpha value is -1.99. The molecule has 1 aliphatic rings. The Morgan fingerprint density at radius 3 is 2.76 bits per heavy atom. The van der Waals surface area contributed by atoms with Crippen LogP contribution in [0.3, 0.4) is 0 Å². The van der Waals surface area contributed by atoms with Gasteiger partial charge in [0.2, 0.25) is 0 Å². The van der Waals surface area contributed by atoms with Crippen molar-refractivity contribution < 1.29 is 19.5 Å². The molecule has 0 bridgehead atoms. The molecular formula is C14H8BrNO4S. The number of fused-ring (bicyclic) bond motifs is 1. The summed E-state index contributed by atoms with van der Waals surface area (Å²) in [6, 6.07) is 6.67. The smallest absolute Gasteiger partial charge is 0.346 e. The quantitative estimate of drug-likeness (QED) is 0.848. The normalized spacial score (nSPS) is 13.7. The predicted octanol–water partition coefficient (Wildman–Crippen LogP) is 2.94. The zero-order valence-corrected chi connectivity index (χ0v) is 12.9. The van der Waals surface area contributed by atoms with Gasteiger partial charge in [0.1, 0.15) is 4.88 Å². The first kappa shape index (κ1) is 14.0. The molecule has 3 rings (SSSR count). The number of carboxylic acids is 1. The van der Waals surface area contributed by atoms with Crippen LogP contribution in [0.5, 0.6) is 0 Å². The highest BCUT2D eigenvalue weighted by molar-refractivity contribution is 9.10. The number of amides is 1. The van der Waals surface area contributed by atoms with E-state index in [4.69, 9.17) is 5.11 Å². The van der Waals surface area contributed by atoms with Gasteiger partial charge in [0.05, 0.1) is 17.8 Å². The maximum absolute atomic E-state index is 12.1. The van der Waals surface area contributed by atoms with Crippen molar-refractivity contribution in [2.75, 3.05) is 4.90 Å². The standard InChI is InChI=1S/C14H8BrNO4S/c15-8-1-2-10-9(5-8)11(17)13(18)16(10)6-7-3-4-21-12(7)14(19)20/h1-5H,6H2,(H,19,20). The Balaban J connectivity index is 2.01. The lowest BCUT2D eigenvalue weighted by molar-refractivity contribution is -0.114. The molecule has 2 aromatic rings. The molecule has 106 valence electrons. The number of nitrogens with zero attached hydrogens (tertiary/aromatic N) is 1. The van der Waals surface area contributed by atoms with Crippen LogP contribution >= 0.6 is 27.3 Å². The lowest BCUT2D eigenvalue weighted by Gasteiger charge is -2.16. The Bertz CT molecular complexity index is 783. The van der Waals surface area contributed by atoms with Gasteiger partial charge in [0.25, 0.3) is 11.7 Å². The Morgan fingerprint density at radius 1 is 1.29 bits per heavy atom. The van der Waals surface area contributed by atoms with Crippen LogP contribution in [-0.2, 0) is 11.3 Å². The summed E-state index contributed by atoms with van der Waals surface area (Å²) in [5, 5.41) is 10.8. The topological polar surface area (TPSA) is 74.7 Å². The number of aromatic carboxylic acids is 1. The summed E-state index contributed by atoms with van der Waals surface area (Å²) < 4.78 is 0.714. The van der Waals surface area contributed by atoms with Crippen molar-refractivity contribution in [1.82, 2.24) is 0 Å². The molecule has 1 aromatic carbocycles. The molecule has 2 heterocycles. The van der Waals surface area contributed by atoms with Crippen molar-refractivity contribution >= 4 is 50.6 Å². The Labute approximate surface area is 131 Å². The molecule has 1 amide bonds. The molecule has 1 aromatic heterocycles. The predicted molar refractivity (Wildman–Crippen MR) is 80.9 cm³/mol. The Kier molecular flexibility index (Phi) is 3.38. The minimum absolute atomic E-state index is 0.0737. The maximum Gasteiger partial charge on any atom is 0.346 e. The average molecular weight is 366 g/mol. The van der Waals surface area contributed by atoms with E-state index in [2.05, 4.69) is 15.9 Å². The number of hydrogen-bond donors (Lipinski definition) is 1. The van der Waals surface area contributed by atoms with Crippen LogP contribution in [0.15, 0.2) is 34.1 Å². The van der Waals surface area contributed by atoms with Crippen molar-refractivity contribution in [3.63, 3.8) is 0 Å². The van der Waals surface area contributed by atoms with Crippen molar-refractivity contribution in [2.24, 2.45) is 0 Å². The van der Waals surface area contributed by atoms with Gasteiger partial charge in [-0.05, 0) is 35.2 Å². The van der Waals surface area contributed by atoms with E-state index in [9.17, 15) is 14.4 Å². The van der Waals surface area contributed by atoms with Gasteiger partial charge >= 0.3 is 5.97 Å². The number of rotatable bonds is 3. The van der Waals surface area contributed by atoms with Crippen LogP contribution in [0.4, 0.5) is 5.69 Å². The number of benzene rings is 1. The number of ketones is 1. The highest BCUT2D eigenvalue weighted by atomic mass is 79.9. The van der Waals surface area contributed by atoms with Gasteiger partial charge in [-0.1, -0.05) is 15.9 Å². The first-order valence-electron chi connectivity index (χ1n) is 5.94. The molecular weight excluding hydrogens is 358 g/mol. The van der Waals surface area contributed by atoms with Crippen molar-refractivity contribution in [1.29, 1.82) is 0 Å². The highest BCUT2D eigenvalue weighted by Gasteiger charge is 2.36. The van der Waals surface area contributed by atoms with Crippen molar-refractivity contribution in [3.05, 3.63) is 50.1 Å². The molecule has 21 heavy (non-hydrogen) atoms. The average Bonchev–Trinajstić information content (AvgIpc) is 2.99. The number of carboxylic acid groups (broad SMARTS) is 1. The second-order valence-electron chi connectivity index (χ2n) is 4.46. The van der Waals surface area contributed by atoms with Crippen LogP contribution < -0.4 is 4.90 Å². The number of thiophene rings is 1. The van der Waals surface area contributed by atoms with E-state index in [0.29, 0.717) is 21.3 Å². The molecule has 0 saturated heterocycles. The minimum atomic E-state index is -1.03.